The minimum absolute atomic E-state index is 0.0268. The third-order valence-electron chi connectivity index (χ3n) is 6.28. The van der Waals surface area contributed by atoms with E-state index < -0.39 is 0 Å². The van der Waals surface area contributed by atoms with Gasteiger partial charge in [-0.1, -0.05) is 57.4 Å². The number of benzene rings is 1. The van der Waals surface area contributed by atoms with Crippen LogP contribution >= 0.6 is 0 Å². The second-order valence-electron chi connectivity index (χ2n) is 9.45. The van der Waals surface area contributed by atoms with Crippen molar-refractivity contribution >= 4 is 11.6 Å². The number of nitrogens with zero attached hydrogens (tertiary/aromatic N) is 3. The first-order valence-corrected chi connectivity index (χ1v) is 10.9. The molecule has 1 fully saturated rings. The molecule has 0 saturated heterocycles. The number of hydrogen-bond acceptors (Lipinski definition) is 4. The van der Waals surface area contributed by atoms with Crippen LogP contribution in [0.1, 0.15) is 82.7 Å². The Balaban J connectivity index is 1.67. The highest BCUT2D eigenvalue weighted by molar-refractivity contribution is 5.54. The molecule has 1 aliphatic heterocycles. The molecule has 2 heterocycles. The number of aromatic nitrogens is 2. The standard InChI is InChI=1S/C24H34N4/c1-17(2)23-26-21(25-20-12-6-5-7-13-20)14-22(27-23)28-16-19-11-9-8-10-18(19)15-24(28,3)4/h8-11,14,17,20H,5-7,12-13,15-16H2,1-4H3,(H,25,26,27). The Morgan fingerprint density at radius 2 is 1.75 bits per heavy atom. The largest absolute Gasteiger partial charge is 0.367 e. The van der Waals surface area contributed by atoms with Gasteiger partial charge in [-0.2, -0.15) is 0 Å². The van der Waals surface area contributed by atoms with Gasteiger partial charge in [0.05, 0.1) is 0 Å². The first-order valence-electron chi connectivity index (χ1n) is 10.9. The summed E-state index contributed by atoms with van der Waals surface area (Å²) in [5.41, 5.74) is 2.90. The zero-order chi connectivity index (χ0) is 19.7. The normalized spacial score (nSPS) is 19.5. The second-order valence-corrected chi connectivity index (χ2v) is 9.45. The van der Waals surface area contributed by atoms with E-state index in [9.17, 15) is 0 Å². The quantitative estimate of drug-likeness (QED) is 0.742. The molecule has 0 amide bonds. The third-order valence-corrected chi connectivity index (χ3v) is 6.28. The lowest BCUT2D eigenvalue weighted by molar-refractivity contribution is 0.426. The van der Waals surface area contributed by atoms with E-state index in [4.69, 9.17) is 9.97 Å². The number of hydrogen-bond donors (Lipinski definition) is 1. The van der Waals surface area contributed by atoms with Gasteiger partial charge in [0.15, 0.2) is 0 Å². The van der Waals surface area contributed by atoms with Crippen molar-refractivity contribution < 1.29 is 0 Å². The molecule has 150 valence electrons. The Morgan fingerprint density at radius 1 is 1.04 bits per heavy atom. The topological polar surface area (TPSA) is 41.1 Å². The molecular formula is C24H34N4. The highest BCUT2D eigenvalue weighted by Crippen LogP contribution is 2.35. The first kappa shape index (κ1) is 19.2. The minimum Gasteiger partial charge on any atom is -0.367 e. The van der Waals surface area contributed by atoms with Crippen LogP contribution < -0.4 is 10.2 Å². The summed E-state index contributed by atoms with van der Waals surface area (Å²) in [5, 5.41) is 3.72. The summed E-state index contributed by atoms with van der Waals surface area (Å²) >= 11 is 0. The van der Waals surface area contributed by atoms with Crippen molar-refractivity contribution in [2.75, 3.05) is 10.2 Å². The van der Waals surface area contributed by atoms with Gasteiger partial charge in [0.1, 0.15) is 17.5 Å². The van der Waals surface area contributed by atoms with Crippen molar-refractivity contribution in [2.45, 2.75) is 90.3 Å². The third kappa shape index (κ3) is 4.01. The minimum atomic E-state index is 0.0268. The SMILES string of the molecule is CC(C)c1nc(NC2CCCCC2)cc(N2Cc3ccccc3CC2(C)C)n1. The first-order chi connectivity index (χ1) is 13.4. The van der Waals surface area contributed by atoms with E-state index in [-0.39, 0.29) is 5.54 Å². The molecule has 0 bridgehead atoms. The Kier molecular flexibility index (Phi) is 5.31. The Labute approximate surface area is 169 Å². The van der Waals surface area contributed by atoms with Gasteiger partial charge in [0.2, 0.25) is 0 Å². The van der Waals surface area contributed by atoms with E-state index in [1.54, 1.807) is 0 Å². The molecule has 0 unspecified atom stereocenters. The number of anilines is 2. The predicted molar refractivity (Wildman–Crippen MR) is 117 cm³/mol. The fraction of sp³-hybridized carbons (Fsp3) is 0.583. The average Bonchev–Trinajstić information content (AvgIpc) is 2.67. The number of nitrogens with one attached hydrogen (secondary N) is 1. The summed E-state index contributed by atoms with van der Waals surface area (Å²) in [6, 6.07) is 11.5. The molecule has 1 N–H and O–H groups in total. The molecule has 1 aromatic heterocycles. The zero-order valence-electron chi connectivity index (χ0n) is 17.8. The van der Waals surface area contributed by atoms with Gasteiger partial charge in [0.25, 0.3) is 0 Å². The summed E-state index contributed by atoms with van der Waals surface area (Å²) in [7, 11) is 0. The van der Waals surface area contributed by atoms with E-state index in [2.05, 4.69) is 68.2 Å². The van der Waals surface area contributed by atoms with Gasteiger partial charge in [-0.25, -0.2) is 9.97 Å². The smallest absolute Gasteiger partial charge is 0.135 e. The molecule has 2 aromatic rings. The fourth-order valence-corrected chi connectivity index (χ4v) is 4.60. The highest BCUT2D eigenvalue weighted by Gasteiger charge is 2.34. The molecule has 1 saturated carbocycles. The van der Waals surface area contributed by atoms with Crippen molar-refractivity contribution in [3.05, 3.63) is 47.3 Å². The van der Waals surface area contributed by atoms with E-state index in [1.165, 1.54) is 43.2 Å². The van der Waals surface area contributed by atoms with Crippen LogP contribution in [0, 0.1) is 0 Å². The average molecular weight is 379 g/mol. The number of rotatable bonds is 4. The van der Waals surface area contributed by atoms with Gasteiger partial charge in [-0.3, -0.25) is 0 Å². The lowest BCUT2D eigenvalue weighted by Crippen LogP contribution is -2.49. The molecule has 28 heavy (non-hydrogen) atoms. The molecule has 2 aliphatic rings. The Bertz CT molecular complexity index is 821. The number of fused-ring (bicyclic) bond motifs is 1. The van der Waals surface area contributed by atoms with Gasteiger partial charge in [-0.05, 0) is 44.2 Å². The Hall–Kier alpha value is -2.10. The van der Waals surface area contributed by atoms with Gasteiger partial charge < -0.3 is 10.2 Å². The van der Waals surface area contributed by atoms with Crippen LogP contribution in [-0.2, 0) is 13.0 Å². The molecule has 0 spiro atoms. The summed E-state index contributed by atoms with van der Waals surface area (Å²) in [6.45, 7) is 9.92. The van der Waals surface area contributed by atoms with E-state index in [0.717, 1.165) is 30.4 Å². The molecule has 1 aromatic carbocycles. The summed E-state index contributed by atoms with van der Waals surface area (Å²) in [5.74, 6) is 3.30. The van der Waals surface area contributed by atoms with Crippen molar-refractivity contribution in [2.24, 2.45) is 0 Å². The van der Waals surface area contributed by atoms with Crippen LogP contribution in [-0.4, -0.2) is 21.5 Å². The Morgan fingerprint density at radius 3 is 2.46 bits per heavy atom. The summed E-state index contributed by atoms with van der Waals surface area (Å²) < 4.78 is 0. The predicted octanol–water partition coefficient (Wildman–Crippen LogP) is 5.69. The van der Waals surface area contributed by atoms with Crippen molar-refractivity contribution in [1.29, 1.82) is 0 Å². The second kappa shape index (κ2) is 7.73. The molecule has 0 atom stereocenters. The van der Waals surface area contributed by atoms with Crippen LogP contribution in [0.25, 0.3) is 0 Å². The van der Waals surface area contributed by atoms with Gasteiger partial charge >= 0.3 is 0 Å². The maximum Gasteiger partial charge on any atom is 0.135 e. The van der Waals surface area contributed by atoms with Gasteiger partial charge in [0, 0.05) is 30.1 Å². The molecule has 0 radical (unpaired) electrons. The van der Waals surface area contributed by atoms with E-state index in [1.807, 2.05) is 0 Å². The lowest BCUT2D eigenvalue weighted by atomic mass is 9.85. The molecule has 4 rings (SSSR count). The van der Waals surface area contributed by atoms with Crippen molar-refractivity contribution in [3.8, 4) is 0 Å². The van der Waals surface area contributed by atoms with E-state index in [0.29, 0.717) is 12.0 Å². The molecular weight excluding hydrogens is 344 g/mol. The molecule has 1 aliphatic carbocycles. The molecule has 4 nitrogen and oxygen atoms in total. The highest BCUT2D eigenvalue weighted by atomic mass is 15.3. The lowest BCUT2D eigenvalue weighted by Gasteiger charge is -2.44. The van der Waals surface area contributed by atoms with Crippen molar-refractivity contribution in [3.63, 3.8) is 0 Å². The van der Waals surface area contributed by atoms with Crippen LogP contribution in [0.15, 0.2) is 30.3 Å². The maximum absolute atomic E-state index is 4.99. The zero-order valence-corrected chi connectivity index (χ0v) is 17.8. The molecule has 4 heteroatoms. The van der Waals surface area contributed by atoms with Gasteiger partial charge in [-0.15, -0.1) is 0 Å². The summed E-state index contributed by atoms with van der Waals surface area (Å²) in [4.78, 5) is 12.3. The van der Waals surface area contributed by atoms with Crippen LogP contribution in [0.5, 0.6) is 0 Å². The monoisotopic (exact) mass is 378 g/mol. The van der Waals surface area contributed by atoms with Crippen LogP contribution in [0.4, 0.5) is 11.6 Å². The van der Waals surface area contributed by atoms with Crippen LogP contribution in [0.3, 0.4) is 0 Å². The fourth-order valence-electron chi connectivity index (χ4n) is 4.60. The summed E-state index contributed by atoms with van der Waals surface area (Å²) in [6.07, 6.45) is 7.55. The van der Waals surface area contributed by atoms with Crippen molar-refractivity contribution in [1.82, 2.24) is 9.97 Å². The van der Waals surface area contributed by atoms with Crippen LogP contribution in [0.2, 0.25) is 0 Å². The van der Waals surface area contributed by atoms with E-state index >= 15 is 0 Å². The maximum atomic E-state index is 4.99.